The van der Waals surface area contributed by atoms with Gasteiger partial charge in [0.25, 0.3) is 0 Å². The molecule has 0 saturated carbocycles. The molecule has 0 fully saturated rings. The molecule has 14 heavy (non-hydrogen) atoms. The topological polar surface area (TPSA) is 55.5 Å². The first kappa shape index (κ1) is 11.2. The van der Waals surface area contributed by atoms with Crippen LogP contribution in [0.5, 0.6) is 0 Å². The van der Waals surface area contributed by atoms with Crippen LogP contribution >= 0.6 is 0 Å². The fraction of sp³-hybridized carbons (Fsp3) is 0.455. The lowest BCUT2D eigenvalue weighted by atomic mass is 9.89. The number of aliphatic hydroxyl groups is 1. The van der Waals surface area contributed by atoms with Crippen LogP contribution < -0.4 is 5.73 Å². The van der Waals surface area contributed by atoms with Gasteiger partial charge in [-0.15, -0.1) is 0 Å². The molecule has 0 aliphatic carbocycles. The third kappa shape index (κ3) is 2.54. The summed E-state index contributed by atoms with van der Waals surface area (Å²) in [5.74, 6) is 0. The first-order chi connectivity index (χ1) is 6.73. The molecule has 1 unspecified atom stereocenters. The lowest BCUT2D eigenvalue weighted by Crippen LogP contribution is -2.41. The maximum atomic E-state index is 9.28. The van der Waals surface area contributed by atoms with Crippen LogP contribution in [0.15, 0.2) is 30.3 Å². The van der Waals surface area contributed by atoms with E-state index in [2.05, 4.69) is 0 Å². The maximum Gasteiger partial charge on any atom is 0.0666 e. The highest BCUT2D eigenvalue weighted by atomic mass is 16.5. The van der Waals surface area contributed by atoms with Gasteiger partial charge in [-0.3, -0.25) is 0 Å². The zero-order chi connectivity index (χ0) is 10.4. The first-order valence-corrected chi connectivity index (χ1v) is 4.67. The minimum atomic E-state index is -0.683. The largest absolute Gasteiger partial charge is 0.394 e. The number of ether oxygens (including phenoxy) is 1. The summed E-state index contributed by atoms with van der Waals surface area (Å²) in [5, 5.41) is 9.28. The molecule has 0 heterocycles. The van der Waals surface area contributed by atoms with Crippen molar-refractivity contribution in [1.29, 1.82) is 0 Å². The van der Waals surface area contributed by atoms with Crippen LogP contribution in [0, 0.1) is 0 Å². The van der Waals surface area contributed by atoms with Gasteiger partial charge in [0, 0.05) is 13.7 Å². The van der Waals surface area contributed by atoms with Gasteiger partial charge in [-0.05, 0) is 12.0 Å². The van der Waals surface area contributed by atoms with Crippen LogP contribution in [0.2, 0.25) is 0 Å². The fourth-order valence-corrected chi connectivity index (χ4v) is 1.37. The number of methoxy groups -OCH3 is 1. The zero-order valence-corrected chi connectivity index (χ0v) is 8.44. The van der Waals surface area contributed by atoms with E-state index < -0.39 is 5.54 Å². The second-order valence-electron chi connectivity index (χ2n) is 3.42. The van der Waals surface area contributed by atoms with Gasteiger partial charge in [-0.1, -0.05) is 30.3 Å². The molecule has 1 aromatic rings. The molecule has 0 spiro atoms. The van der Waals surface area contributed by atoms with Crippen LogP contribution in [-0.2, 0) is 10.3 Å². The fourth-order valence-electron chi connectivity index (χ4n) is 1.37. The molecule has 3 nitrogen and oxygen atoms in total. The van der Waals surface area contributed by atoms with E-state index in [0.717, 1.165) is 5.56 Å². The normalized spacial score (nSPS) is 15.1. The zero-order valence-electron chi connectivity index (χ0n) is 8.44. The van der Waals surface area contributed by atoms with Crippen molar-refractivity contribution in [2.24, 2.45) is 5.73 Å². The van der Waals surface area contributed by atoms with Crippen molar-refractivity contribution in [3.63, 3.8) is 0 Å². The third-order valence-electron chi connectivity index (χ3n) is 2.38. The van der Waals surface area contributed by atoms with E-state index in [9.17, 15) is 5.11 Å². The minimum absolute atomic E-state index is 0.0691. The quantitative estimate of drug-likeness (QED) is 0.733. The van der Waals surface area contributed by atoms with Crippen LogP contribution in [0.1, 0.15) is 12.0 Å². The standard InChI is InChI=1S/C11H17NO2/c1-14-8-7-11(12,9-13)10-5-3-2-4-6-10/h2-6,13H,7-9,12H2,1H3. The van der Waals surface area contributed by atoms with E-state index in [1.807, 2.05) is 30.3 Å². The third-order valence-corrected chi connectivity index (χ3v) is 2.38. The maximum absolute atomic E-state index is 9.28. The molecule has 78 valence electrons. The molecule has 1 aromatic carbocycles. The molecular weight excluding hydrogens is 178 g/mol. The molecule has 0 aliphatic rings. The number of rotatable bonds is 5. The van der Waals surface area contributed by atoms with Gasteiger partial charge in [0.2, 0.25) is 0 Å². The number of benzene rings is 1. The lowest BCUT2D eigenvalue weighted by Gasteiger charge is -2.27. The van der Waals surface area contributed by atoms with Crippen LogP contribution in [0.25, 0.3) is 0 Å². The van der Waals surface area contributed by atoms with Crippen molar-refractivity contribution in [2.45, 2.75) is 12.0 Å². The number of nitrogens with two attached hydrogens (primary N) is 1. The van der Waals surface area contributed by atoms with Crippen molar-refractivity contribution >= 4 is 0 Å². The van der Waals surface area contributed by atoms with Gasteiger partial charge in [0.15, 0.2) is 0 Å². The Kier molecular flexibility index (Phi) is 4.07. The van der Waals surface area contributed by atoms with Gasteiger partial charge in [0.1, 0.15) is 0 Å². The second-order valence-corrected chi connectivity index (χ2v) is 3.42. The lowest BCUT2D eigenvalue weighted by molar-refractivity contribution is 0.128. The summed E-state index contributed by atoms with van der Waals surface area (Å²) in [4.78, 5) is 0. The summed E-state index contributed by atoms with van der Waals surface area (Å²) < 4.78 is 4.97. The minimum Gasteiger partial charge on any atom is -0.394 e. The predicted molar refractivity (Wildman–Crippen MR) is 55.9 cm³/mol. The summed E-state index contributed by atoms with van der Waals surface area (Å²) in [6, 6.07) is 9.61. The molecule has 0 saturated heterocycles. The van der Waals surface area contributed by atoms with Gasteiger partial charge >= 0.3 is 0 Å². The summed E-state index contributed by atoms with van der Waals surface area (Å²) in [6.45, 7) is 0.478. The first-order valence-electron chi connectivity index (χ1n) is 4.67. The molecule has 3 heteroatoms. The number of hydrogen-bond donors (Lipinski definition) is 2. The summed E-state index contributed by atoms with van der Waals surface area (Å²) in [7, 11) is 1.63. The second kappa shape index (κ2) is 5.10. The van der Waals surface area contributed by atoms with Crippen LogP contribution in [0.3, 0.4) is 0 Å². The SMILES string of the molecule is COCCC(N)(CO)c1ccccc1. The highest BCUT2D eigenvalue weighted by Crippen LogP contribution is 2.21. The predicted octanol–water partition coefficient (Wildman–Crippen LogP) is 0.869. The Morgan fingerprint density at radius 3 is 2.50 bits per heavy atom. The Morgan fingerprint density at radius 2 is 2.00 bits per heavy atom. The van der Waals surface area contributed by atoms with Crippen molar-refractivity contribution in [3.05, 3.63) is 35.9 Å². The number of hydrogen-bond acceptors (Lipinski definition) is 3. The number of aliphatic hydroxyl groups excluding tert-OH is 1. The van der Waals surface area contributed by atoms with E-state index in [0.29, 0.717) is 13.0 Å². The van der Waals surface area contributed by atoms with Gasteiger partial charge in [0.05, 0.1) is 12.1 Å². The Morgan fingerprint density at radius 1 is 1.36 bits per heavy atom. The Balaban J connectivity index is 2.79. The van der Waals surface area contributed by atoms with E-state index >= 15 is 0 Å². The van der Waals surface area contributed by atoms with Gasteiger partial charge < -0.3 is 15.6 Å². The molecule has 1 rings (SSSR count). The smallest absolute Gasteiger partial charge is 0.0666 e. The van der Waals surface area contributed by atoms with Crippen molar-refractivity contribution in [2.75, 3.05) is 20.3 Å². The monoisotopic (exact) mass is 195 g/mol. The molecular formula is C11H17NO2. The van der Waals surface area contributed by atoms with E-state index in [1.54, 1.807) is 7.11 Å². The van der Waals surface area contributed by atoms with Crippen molar-refractivity contribution in [1.82, 2.24) is 0 Å². The highest BCUT2D eigenvalue weighted by molar-refractivity contribution is 5.23. The molecule has 1 atom stereocenters. The average Bonchev–Trinajstić information content (AvgIpc) is 2.27. The summed E-state index contributed by atoms with van der Waals surface area (Å²) >= 11 is 0. The van der Waals surface area contributed by atoms with Crippen LogP contribution in [-0.4, -0.2) is 25.4 Å². The van der Waals surface area contributed by atoms with Crippen molar-refractivity contribution < 1.29 is 9.84 Å². The van der Waals surface area contributed by atoms with E-state index in [-0.39, 0.29) is 6.61 Å². The molecule has 3 N–H and O–H groups in total. The molecule has 0 amide bonds. The van der Waals surface area contributed by atoms with Gasteiger partial charge in [-0.25, -0.2) is 0 Å². The Labute approximate surface area is 84.5 Å². The van der Waals surface area contributed by atoms with E-state index in [4.69, 9.17) is 10.5 Å². The van der Waals surface area contributed by atoms with Crippen LogP contribution in [0.4, 0.5) is 0 Å². The summed E-state index contributed by atoms with van der Waals surface area (Å²) in [5.41, 5.74) is 6.34. The highest BCUT2D eigenvalue weighted by Gasteiger charge is 2.25. The molecule has 0 bridgehead atoms. The Bertz CT molecular complexity index is 263. The molecule has 0 radical (unpaired) electrons. The average molecular weight is 195 g/mol. The molecule has 0 aromatic heterocycles. The molecule has 0 aliphatic heterocycles. The summed E-state index contributed by atoms with van der Waals surface area (Å²) in [6.07, 6.45) is 0.615. The van der Waals surface area contributed by atoms with Gasteiger partial charge in [-0.2, -0.15) is 0 Å². The van der Waals surface area contributed by atoms with E-state index in [1.165, 1.54) is 0 Å². The Hall–Kier alpha value is -0.900. The van der Waals surface area contributed by atoms with Crippen molar-refractivity contribution in [3.8, 4) is 0 Å².